The normalized spacial score (nSPS) is 18.9. The number of benzene rings is 1. The summed E-state index contributed by atoms with van der Waals surface area (Å²) in [5.74, 6) is -1.78. The van der Waals surface area contributed by atoms with Gasteiger partial charge in [-0.15, -0.1) is 0 Å². The fraction of sp³-hybridized carbons (Fsp3) is 0.556. The molecular weight excluding hydrogens is 356 g/mol. The minimum absolute atomic E-state index is 0.0996. The minimum atomic E-state index is -3.84. The third kappa shape index (κ3) is 5.04. The molecule has 26 heavy (non-hydrogen) atoms. The van der Waals surface area contributed by atoms with Crippen LogP contribution in [0.1, 0.15) is 32.3 Å². The van der Waals surface area contributed by atoms with E-state index >= 15 is 0 Å². The summed E-state index contributed by atoms with van der Waals surface area (Å²) < 4.78 is 27.8. The molecule has 144 valence electrons. The molecule has 8 heteroatoms. The van der Waals surface area contributed by atoms with Gasteiger partial charge >= 0.3 is 5.97 Å². The second-order valence-corrected chi connectivity index (χ2v) is 8.94. The summed E-state index contributed by atoms with van der Waals surface area (Å²) in [6.45, 7) is 6.13. The number of carbonyl (C=O) groups excluding carboxylic acids is 1. The molecule has 2 rings (SSSR count). The topological polar surface area (TPSA) is 104 Å². The van der Waals surface area contributed by atoms with Gasteiger partial charge in [0.15, 0.2) is 0 Å². The van der Waals surface area contributed by atoms with Crippen molar-refractivity contribution in [1.82, 2.24) is 9.62 Å². The molecule has 2 unspecified atom stereocenters. The Morgan fingerprint density at radius 3 is 2.38 bits per heavy atom. The number of carboxylic acids is 1. The molecule has 1 heterocycles. The zero-order valence-corrected chi connectivity index (χ0v) is 16.1. The van der Waals surface area contributed by atoms with Crippen molar-refractivity contribution in [2.45, 2.75) is 44.6 Å². The van der Waals surface area contributed by atoms with Gasteiger partial charge in [0.2, 0.25) is 15.9 Å². The molecule has 1 aliphatic heterocycles. The standard InChI is InChI=1S/C18H26N2O5S/c1-12(2)10-16(17(21)20-9-8-14(11-20)18(22)23)19-26(24,25)15-6-4-13(3)5-7-15/h4-7,12,14,16,19H,8-11H2,1-3H3,(H,22,23). The average Bonchev–Trinajstić information content (AvgIpc) is 3.03. The van der Waals surface area contributed by atoms with Crippen molar-refractivity contribution in [3.05, 3.63) is 29.8 Å². The third-order valence-electron chi connectivity index (χ3n) is 4.48. The summed E-state index contributed by atoms with van der Waals surface area (Å²) in [4.78, 5) is 25.5. The van der Waals surface area contributed by atoms with Crippen molar-refractivity contribution >= 4 is 21.9 Å². The summed E-state index contributed by atoms with van der Waals surface area (Å²) >= 11 is 0. The van der Waals surface area contributed by atoms with E-state index in [0.29, 0.717) is 19.4 Å². The quantitative estimate of drug-likeness (QED) is 0.746. The van der Waals surface area contributed by atoms with Crippen LogP contribution in [-0.4, -0.2) is 49.4 Å². The Kier molecular flexibility index (Phi) is 6.41. The average molecular weight is 382 g/mol. The van der Waals surface area contributed by atoms with Gasteiger partial charge in [-0.05, 0) is 37.8 Å². The van der Waals surface area contributed by atoms with Crippen molar-refractivity contribution < 1.29 is 23.1 Å². The number of amides is 1. The number of rotatable bonds is 7. The summed E-state index contributed by atoms with van der Waals surface area (Å²) in [6.07, 6.45) is 0.734. The van der Waals surface area contributed by atoms with Gasteiger partial charge in [-0.3, -0.25) is 9.59 Å². The van der Waals surface area contributed by atoms with Gasteiger partial charge in [0.1, 0.15) is 6.04 Å². The van der Waals surface area contributed by atoms with E-state index in [0.717, 1.165) is 5.56 Å². The lowest BCUT2D eigenvalue weighted by molar-refractivity contribution is -0.141. The van der Waals surface area contributed by atoms with E-state index in [1.54, 1.807) is 12.1 Å². The number of hydrogen-bond acceptors (Lipinski definition) is 4. The van der Waals surface area contributed by atoms with Crippen molar-refractivity contribution in [3.63, 3.8) is 0 Å². The van der Waals surface area contributed by atoms with Crippen LogP contribution in [0, 0.1) is 18.8 Å². The van der Waals surface area contributed by atoms with Crippen molar-refractivity contribution in [3.8, 4) is 0 Å². The molecule has 1 aliphatic rings. The van der Waals surface area contributed by atoms with E-state index in [1.807, 2.05) is 20.8 Å². The molecule has 1 saturated heterocycles. The largest absolute Gasteiger partial charge is 0.481 e. The number of likely N-dealkylation sites (tertiary alicyclic amines) is 1. The lowest BCUT2D eigenvalue weighted by atomic mass is 10.0. The Morgan fingerprint density at radius 1 is 1.27 bits per heavy atom. The van der Waals surface area contributed by atoms with Gasteiger partial charge in [0, 0.05) is 13.1 Å². The van der Waals surface area contributed by atoms with E-state index in [1.165, 1.54) is 17.0 Å². The van der Waals surface area contributed by atoms with Gasteiger partial charge < -0.3 is 10.0 Å². The lowest BCUT2D eigenvalue weighted by Gasteiger charge is -2.25. The number of carbonyl (C=O) groups is 2. The third-order valence-corrected chi connectivity index (χ3v) is 5.97. The molecule has 0 radical (unpaired) electrons. The number of carboxylic acid groups (broad SMARTS) is 1. The Bertz CT molecular complexity index is 758. The van der Waals surface area contributed by atoms with Crippen molar-refractivity contribution in [2.75, 3.05) is 13.1 Å². The minimum Gasteiger partial charge on any atom is -0.481 e. The molecular formula is C18H26N2O5S. The fourth-order valence-corrected chi connectivity index (χ4v) is 4.23. The number of hydrogen-bond donors (Lipinski definition) is 2. The molecule has 1 aromatic carbocycles. The van der Waals surface area contributed by atoms with E-state index in [-0.39, 0.29) is 23.3 Å². The first-order valence-corrected chi connectivity index (χ1v) is 10.2. The predicted octanol–water partition coefficient (Wildman–Crippen LogP) is 1.62. The highest BCUT2D eigenvalue weighted by Gasteiger charge is 2.36. The second kappa shape index (κ2) is 8.18. The number of nitrogens with one attached hydrogen (secondary N) is 1. The SMILES string of the molecule is Cc1ccc(S(=O)(=O)NC(CC(C)C)C(=O)N2CCC(C(=O)O)C2)cc1. The van der Waals surface area contributed by atoms with Gasteiger partial charge in [-0.1, -0.05) is 31.5 Å². The summed E-state index contributed by atoms with van der Waals surface area (Å²) in [5, 5.41) is 9.10. The van der Waals surface area contributed by atoms with Crippen LogP contribution in [0.15, 0.2) is 29.2 Å². The van der Waals surface area contributed by atoms with Crippen molar-refractivity contribution in [2.24, 2.45) is 11.8 Å². The molecule has 1 amide bonds. The van der Waals surface area contributed by atoms with Gasteiger partial charge in [0.25, 0.3) is 0 Å². The molecule has 2 atom stereocenters. The van der Waals surface area contributed by atoms with Crippen LogP contribution in [0.4, 0.5) is 0 Å². The van der Waals surface area contributed by atoms with Gasteiger partial charge in [-0.2, -0.15) is 4.72 Å². The Labute approximate surface area is 154 Å². The first kappa shape index (κ1) is 20.4. The molecule has 0 spiro atoms. The van der Waals surface area contributed by atoms with Crippen molar-refractivity contribution in [1.29, 1.82) is 0 Å². The number of aliphatic carboxylic acids is 1. The van der Waals surface area contributed by atoms with Gasteiger partial charge in [-0.25, -0.2) is 8.42 Å². The lowest BCUT2D eigenvalue weighted by Crippen LogP contribution is -2.48. The van der Waals surface area contributed by atoms with Gasteiger partial charge in [0.05, 0.1) is 10.8 Å². The maximum absolute atomic E-state index is 12.8. The molecule has 1 fully saturated rings. The fourth-order valence-electron chi connectivity index (χ4n) is 3.03. The monoisotopic (exact) mass is 382 g/mol. The zero-order valence-electron chi connectivity index (χ0n) is 15.3. The van der Waals surface area contributed by atoms with Crippen LogP contribution >= 0.6 is 0 Å². The Hall–Kier alpha value is -1.93. The molecule has 0 aromatic heterocycles. The molecule has 7 nitrogen and oxygen atoms in total. The number of aryl methyl sites for hydroxylation is 1. The zero-order chi connectivity index (χ0) is 19.5. The second-order valence-electron chi connectivity index (χ2n) is 7.22. The van der Waals surface area contributed by atoms with Crippen LogP contribution in [0.2, 0.25) is 0 Å². The maximum Gasteiger partial charge on any atom is 0.308 e. The highest BCUT2D eigenvalue weighted by molar-refractivity contribution is 7.89. The highest BCUT2D eigenvalue weighted by atomic mass is 32.2. The summed E-state index contributed by atoms with van der Waals surface area (Å²) in [5.41, 5.74) is 0.940. The molecule has 2 N–H and O–H groups in total. The van der Waals surface area contributed by atoms with Crippen LogP contribution in [0.25, 0.3) is 0 Å². The van der Waals surface area contributed by atoms with Crippen LogP contribution in [-0.2, 0) is 19.6 Å². The molecule has 0 aliphatic carbocycles. The first-order chi connectivity index (χ1) is 12.1. The Balaban J connectivity index is 2.17. The van der Waals surface area contributed by atoms with E-state index < -0.39 is 28.0 Å². The number of nitrogens with zero attached hydrogens (tertiary/aromatic N) is 1. The van der Waals surface area contributed by atoms with E-state index in [4.69, 9.17) is 5.11 Å². The summed E-state index contributed by atoms with van der Waals surface area (Å²) in [7, 11) is -3.84. The van der Waals surface area contributed by atoms with E-state index in [9.17, 15) is 18.0 Å². The number of sulfonamides is 1. The Morgan fingerprint density at radius 2 is 1.88 bits per heavy atom. The summed E-state index contributed by atoms with van der Waals surface area (Å²) in [6, 6.07) is 5.50. The molecule has 1 aromatic rings. The molecule has 0 saturated carbocycles. The van der Waals surface area contributed by atoms with E-state index in [2.05, 4.69) is 4.72 Å². The van der Waals surface area contributed by atoms with Crippen LogP contribution < -0.4 is 4.72 Å². The smallest absolute Gasteiger partial charge is 0.308 e. The highest BCUT2D eigenvalue weighted by Crippen LogP contribution is 2.20. The first-order valence-electron chi connectivity index (χ1n) is 8.70. The predicted molar refractivity (Wildman–Crippen MR) is 97.1 cm³/mol. The maximum atomic E-state index is 12.8. The van der Waals surface area contributed by atoms with Crippen LogP contribution in [0.3, 0.4) is 0 Å². The van der Waals surface area contributed by atoms with Crippen LogP contribution in [0.5, 0.6) is 0 Å². The molecule has 0 bridgehead atoms.